The highest BCUT2D eigenvalue weighted by Gasteiger charge is 2.10. The summed E-state index contributed by atoms with van der Waals surface area (Å²) in [6.07, 6.45) is 1.12. The van der Waals surface area contributed by atoms with Gasteiger partial charge in [0.05, 0.1) is 14.9 Å². The summed E-state index contributed by atoms with van der Waals surface area (Å²) in [7, 11) is -3.26. The van der Waals surface area contributed by atoms with Gasteiger partial charge in [0.15, 0.2) is 9.84 Å². The van der Waals surface area contributed by atoms with E-state index in [1.807, 2.05) is 0 Å². The molecule has 1 amide bonds. The Bertz CT molecular complexity index is 786. The minimum Gasteiger partial charge on any atom is -0.322 e. The van der Waals surface area contributed by atoms with Crippen molar-refractivity contribution in [1.29, 1.82) is 0 Å². The second-order valence-corrected chi connectivity index (χ2v) is 7.21. The Kier molecular flexibility index (Phi) is 4.56. The number of rotatable bonds is 3. The molecule has 0 fully saturated rings. The third-order valence-electron chi connectivity index (χ3n) is 2.72. The molecule has 0 saturated heterocycles. The molecule has 7 heteroatoms. The Labute approximate surface area is 132 Å². The number of anilines is 1. The summed E-state index contributed by atoms with van der Waals surface area (Å²) >= 11 is 11.6. The van der Waals surface area contributed by atoms with Crippen LogP contribution < -0.4 is 5.32 Å². The van der Waals surface area contributed by atoms with Gasteiger partial charge in [-0.1, -0.05) is 23.2 Å². The molecule has 0 saturated carbocycles. The highest BCUT2D eigenvalue weighted by molar-refractivity contribution is 7.90. The van der Waals surface area contributed by atoms with Gasteiger partial charge in [-0.3, -0.25) is 4.79 Å². The van der Waals surface area contributed by atoms with Crippen LogP contribution in [0.1, 0.15) is 10.4 Å². The molecule has 2 aromatic rings. The molecule has 2 aromatic carbocycles. The minimum absolute atomic E-state index is 0.190. The van der Waals surface area contributed by atoms with E-state index < -0.39 is 9.84 Å². The maximum absolute atomic E-state index is 12.0. The zero-order valence-electron chi connectivity index (χ0n) is 10.9. The summed E-state index contributed by atoms with van der Waals surface area (Å²) < 4.78 is 22.7. The van der Waals surface area contributed by atoms with Gasteiger partial charge < -0.3 is 5.32 Å². The SMILES string of the molecule is CS(=O)(=O)c1ccc(NC(=O)c2ccc(Cl)c(Cl)c2)cc1. The van der Waals surface area contributed by atoms with E-state index in [4.69, 9.17) is 23.2 Å². The average molecular weight is 344 g/mol. The number of benzene rings is 2. The Hall–Kier alpha value is -1.56. The molecular formula is C14H11Cl2NO3S. The van der Waals surface area contributed by atoms with Crippen LogP contribution in [0.25, 0.3) is 0 Å². The van der Waals surface area contributed by atoms with E-state index in [0.717, 1.165) is 6.26 Å². The highest BCUT2D eigenvalue weighted by Crippen LogP contribution is 2.23. The summed E-state index contributed by atoms with van der Waals surface area (Å²) in [5.74, 6) is -0.360. The summed E-state index contributed by atoms with van der Waals surface area (Å²) in [5.41, 5.74) is 0.843. The van der Waals surface area contributed by atoms with Crippen LogP contribution in [-0.2, 0) is 9.84 Å². The summed E-state index contributed by atoms with van der Waals surface area (Å²) in [5, 5.41) is 3.30. The fraction of sp³-hybridized carbons (Fsp3) is 0.0714. The quantitative estimate of drug-likeness (QED) is 0.924. The van der Waals surface area contributed by atoms with Gasteiger partial charge in [-0.25, -0.2) is 8.42 Å². The number of carbonyl (C=O) groups excluding carboxylic acids is 1. The molecule has 0 radical (unpaired) electrons. The Morgan fingerprint density at radius 3 is 2.14 bits per heavy atom. The lowest BCUT2D eigenvalue weighted by molar-refractivity contribution is 0.102. The highest BCUT2D eigenvalue weighted by atomic mass is 35.5. The molecule has 0 spiro atoms. The molecule has 1 N–H and O–H groups in total. The Morgan fingerprint density at radius 1 is 1.00 bits per heavy atom. The fourth-order valence-electron chi connectivity index (χ4n) is 1.63. The van der Waals surface area contributed by atoms with Crippen molar-refractivity contribution in [2.24, 2.45) is 0 Å². The summed E-state index contributed by atoms with van der Waals surface area (Å²) in [6, 6.07) is 10.4. The molecule has 110 valence electrons. The second-order valence-electron chi connectivity index (χ2n) is 4.38. The zero-order valence-corrected chi connectivity index (χ0v) is 13.3. The molecule has 0 atom stereocenters. The van der Waals surface area contributed by atoms with Gasteiger partial charge in [0.1, 0.15) is 0 Å². The van der Waals surface area contributed by atoms with E-state index >= 15 is 0 Å². The van der Waals surface area contributed by atoms with Gasteiger partial charge >= 0.3 is 0 Å². The van der Waals surface area contributed by atoms with Crippen molar-refractivity contribution >= 4 is 44.6 Å². The van der Waals surface area contributed by atoms with Gasteiger partial charge in [0.2, 0.25) is 0 Å². The lowest BCUT2D eigenvalue weighted by atomic mass is 10.2. The lowest BCUT2D eigenvalue weighted by Gasteiger charge is -2.07. The molecule has 4 nitrogen and oxygen atoms in total. The number of hydrogen-bond donors (Lipinski definition) is 1. The van der Waals surface area contributed by atoms with E-state index in [1.165, 1.54) is 36.4 Å². The van der Waals surface area contributed by atoms with Crippen molar-refractivity contribution in [3.63, 3.8) is 0 Å². The number of halogens is 2. The van der Waals surface area contributed by atoms with Crippen molar-refractivity contribution in [3.05, 3.63) is 58.1 Å². The first kappa shape index (κ1) is 15.8. The average Bonchev–Trinajstić information content (AvgIpc) is 2.41. The Balaban J connectivity index is 2.18. The van der Waals surface area contributed by atoms with Crippen LogP contribution in [0.2, 0.25) is 10.0 Å². The lowest BCUT2D eigenvalue weighted by Crippen LogP contribution is -2.11. The monoisotopic (exact) mass is 343 g/mol. The maximum atomic E-state index is 12.0. The third-order valence-corrected chi connectivity index (χ3v) is 4.59. The third kappa shape index (κ3) is 3.97. The first-order chi connectivity index (χ1) is 9.77. The molecule has 2 rings (SSSR count). The Morgan fingerprint density at radius 2 is 1.62 bits per heavy atom. The molecule has 0 aliphatic rings. The predicted molar refractivity (Wildman–Crippen MR) is 84.0 cm³/mol. The molecule has 0 aliphatic carbocycles. The van der Waals surface area contributed by atoms with E-state index in [1.54, 1.807) is 6.07 Å². The normalized spacial score (nSPS) is 11.2. The summed E-state index contributed by atoms with van der Waals surface area (Å²) in [4.78, 5) is 12.2. The van der Waals surface area contributed by atoms with Crippen molar-refractivity contribution < 1.29 is 13.2 Å². The molecular weight excluding hydrogens is 333 g/mol. The molecule has 0 aromatic heterocycles. The molecule has 0 heterocycles. The van der Waals surface area contributed by atoms with E-state index in [0.29, 0.717) is 16.3 Å². The van der Waals surface area contributed by atoms with Crippen LogP contribution in [-0.4, -0.2) is 20.6 Å². The van der Waals surface area contributed by atoms with Crippen LogP contribution >= 0.6 is 23.2 Å². The fourth-order valence-corrected chi connectivity index (χ4v) is 2.55. The van der Waals surface area contributed by atoms with Crippen LogP contribution in [0.5, 0.6) is 0 Å². The van der Waals surface area contributed by atoms with Gasteiger partial charge in [-0.05, 0) is 42.5 Å². The van der Waals surface area contributed by atoms with Crippen LogP contribution in [0, 0.1) is 0 Å². The van der Waals surface area contributed by atoms with Gasteiger partial charge in [0.25, 0.3) is 5.91 Å². The first-order valence-electron chi connectivity index (χ1n) is 5.84. The largest absolute Gasteiger partial charge is 0.322 e. The number of hydrogen-bond acceptors (Lipinski definition) is 3. The maximum Gasteiger partial charge on any atom is 0.255 e. The molecule has 21 heavy (non-hydrogen) atoms. The van der Waals surface area contributed by atoms with Crippen molar-refractivity contribution in [3.8, 4) is 0 Å². The second kappa shape index (κ2) is 6.05. The van der Waals surface area contributed by atoms with Gasteiger partial charge in [-0.2, -0.15) is 0 Å². The first-order valence-corrected chi connectivity index (χ1v) is 8.48. The standard InChI is InChI=1S/C14H11Cl2NO3S/c1-21(19,20)11-5-3-10(4-6-11)17-14(18)9-2-7-12(15)13(16)8-9/h2-8H,1H3,(H,17,18). The summed E-state index contributed by atoms with van der Waals surface area (Å²) in [6.45, 7) is 0. The minimum atomic E-state index is -3.26. The van der Waals surface area contributed by atoms with E-state index in [2.05, 4.69) is 5.32 Å². The topological polar surface area (TPSA) is 63.2 Å². The van der Waals surface area contributed by atoms with Gasteiger partial charge in [0, 0.05) is 17.5 Å². The molecule has 0 unspecified atom stereocenters. The van der Waals surface area contributed by atoms with Crippen LogP contribution in [0.3, 0.4) is 0 Å². The van der Waals surface area contributed by atoms with E-state index in [-0.39, 0.29) is 15.8 Å². The molecule has 0 aliphatic heterocycles. The smallest absolute Gasteiger partial charge is 0.255 e. The van der Waals surface area contributed by atoms with Crippen molar-refractivity contribution in [2.75, 3.05) is 11.6 Å². The van der Waals surface area contributed by atoms with Crippen LogP contribution in [0.15, 0.2) is 47.4 Å². The number of amides is 1. The molecule has 0 bridgehead atoms. The van der Waals surface area contributed by atoms with Crippen molar-refractivity contribution in [2.45, 2.75) is 4.90 Å². The zero-order chi connectivity index (χ0) is 15.6. The van der Waals surface area contributed by atoms with Gasteiger partial charge in [-0.15, -0.1) is 0 Å². The predicted octanol–water partition coefficient (Wildman–Crippen LogP) is 3.65. The number of nitrogens with one attached hydrogen (secondary N) is 1. The van der Waals surface area contributed by atoms with Crippen molar-refractivity contribution in [1.82, 2.24) is 0 Å². The van der Waals surface area contributed by atoms with Crippen LogP contribution in [0.4, 0.5) is 5.69 Å². The van der Waals surface area contributed by atoms with E-state index in [9.17, 15) is 13.2 Å². The number of carbonyl (C=O) groups is 1. The number of sulfone groups is 1.